The molecule has 1 N–H and O–H groups in total. The van der Waals surface area contributed by atoms with Crippen molar-refractivity contribution in [1.82, 2.24) is 13.9 Å². The van der Waals surface area contributed by atoms with Gasteiger partial charge in [0, 0.05) is 38.3 Å². The standard InChI is InChI=1S/C20H31N3O6S2/c1-16-12-17(2)15-23(14-16)31(27,28)19-5-3-4-18(13-19)20(24)21-6-11-30(25,26)22-7-9-29-10-8-22/h3-5,13,16-17H,6-12,14-15H2,1-2H3,(H,21,24). The SMILES string of the molecule is CC1CC(C)CN(S(=O)(=O)c2cccc(C(=O)NCCS(=O)(=O)N3CCOCC3)c2)C1. The Morgan fingerprint density at radius 3 is 2.35 bits per heavy atom. The Labute approximate surface area is 184 Å². The molecule has 2 saturated heterocycles. The quantitative estimate of drug-likeness (QED) is 0.625. The third kappa shape index (κ3) is 6.04. The van der Waals surface area contributed by atoms with Crippen LogP contribution in [0.3, 0.4) is 0 Å². The van der Waals surface area contributed by atoms with E-state index >= 15 is 0 Å². The smallest absolute Gasteiger partial charge is 0.251 e. The molecule has 3 rings (SSSR count). The minimum absolute atomic E-state index is 0.0589. The predicted molar refractivity (Wildman–Crippen MR) is 117 cm³/mol. The van der Waals surface area contributed by atoms with Gasteiger partial charge >= 0.3 is 0 Å². The Hall–Kier alpha value is -1.53. The Kier molecular flexibility index (Phi) is 7.74. The summed E-state index contributed by atoms with van der Waals surface area (Å²) in [6.45, 7) is 6.28. The number of carbonyl (C=O) groups is 1. The lowest BCUT2D eigenvalue weighted by molar-refractivity contribution is 0.0730. The molecular weight excluding hydrogens is 442 g/mol. The summed E-state index contributed by atoms with van der Waals surface area (Å²) in [5.41, 5.74) is 0.183. The van der Waals surface area contributed by atoms with Crippen LogP contribution in [0.2, 0.25) is 0 Å². The van der Waals surface area contributed by atoms with Crippen LogP contribution >= 0.6 is 0 Å². The molecule has 2 aliphatic heterocycles. The average Bonchev–Trinajstić information content (AvgIpc) is 2.73. The zero-order valence-corrected chi connectivity index (χ0v) is 19.6. The molecule has 1 amide bonds. The molecule has 31 heavy (non-hydrogen) atoms. The summed E-state index contributed by atoms with van der Waals surface area (Å²) in [7, 11) is -7.18. The van der Waals surface area contributed by atoms with Crippen LogP contribution in [0.1, 0.15) is 30.6 Å². The van der Waals surface area contributed by atoms with Gasteiger partial charge in [-0.2, -0.15) is 8.61 Å². The first-order chi connectivity index (χ1) is 14.6. The Morgan fingerprint density at radius 1 is 1.06 bits per heavy atom. The highest BCUT2D eigenvalue weighted by molar-refractivity contribution is 7.89. The van der Waals surface area contributed by atoms with E-state index < -0.39 is 26.0 Å². The first-order valence-corrected chi connectivity index (χ1v) is 13.6. The van der Waals surface area contributed by atoms with Gasteiger partial charge in [0.1, 0.15) is 0 Å². The van der Waals surface area contributed by atoms with Gasteiger partial charge in [-0.15, -0.1) is 0 Å². The molecule has 11 heteroatoms. The number of hydrogen-bond donors (Lipinski definition) is 1. The lowest BCUT2D eigenvalue weighted by Crippen LogP contribution is -2.43. The normalized spacial score (nSPS) is 24.1. The molecular formula is C20H31N3O6S2. The molecule has 0 bridgehead atoms. The summed E-state index contributed by atoms with van der Waals surface area (Å²) in [6.07, 6.45) is 0.988. The van der Waals surface area contributed by atoms with E-state index in [1.807, 2.05) is 13.8 Å². The maximum atomic E-state index is 13.1. The first kappa shape index (κ1) is 24.1. The van der Waals surface area contributed by atoms with Crippen LogP contribution in [0.25, 0.3) is 0 Å². The molecule has 2 unspecified atom stereocenters. The molecule has 0 spiro atoms. The van der Waals surface area contributed by atoms with Crippen molar-refractivity contribution < 1.29 is 26.4 Å². The minimum atomic E-state index is -3.70. The molecule has 1 aromatic carbocycles. The lowest BCUT2D eigenvalue weighted by Gasteiger charge is -2.34. The Morgan fingerprint density at radius 2 is 1.71 bits per heavy atom. The van der Waals surface area contributed by atoms with Crippen molar-refractivity contribution in [3.63, 3.8) is 0 Å². The van der Waals surface area contributed by atoms with E-state index in [1.54, 1.807) is 0 Å². The Balaban J connectivity index is 1.63. The van der Waals surface area contributed by atoms with Crippen molar-refractivity contribution in [2.75, 3.05) is 51.7 Å². The number of nitrogens with one attached hydrogen (secondary N) is 1. The fraction of sp³-hybridized carbons (Fsp3) is 0.650. The summed E-state index contributed by atoms with van der Waals surface area (Å²) in [5.74, 6) is -0.174. The van der Waals surface area contributed by atoms with Gasteiger partial charge in [0.05, 0.1) is 23.9 Å². The molecule has 9 nitrogen and oxygen atoms in total. The van der Waals surface area contributed by atoms with Gasteiger partial charge in [0.2, 0.25) is 20.0 Å². The summed E-state index contributed by atoms with van der Waals surface area (Å²) in [6, 6.07) is 5.89. The number of hydrogen-bond acceptors (Lipinski definition) is 6. The lowest BCUT2D eigenvalue weighted by atomic mass is 9.94. The van der Waals surface area contributed by atoms with Crippen molar-refractivity contribution in [2.24, 2.45) is 11.8 Å². The van der Waals surface area contributed by atoms with E-state index in [0.29, 0.717) is 39.4 Å². The van der Waals surface area contributed by atoms with Crippen molar-refractivity contribution in [3.8, 4) is 0 Å². The van der Waals surface area contributed by atoms with Crippen molar-refractivity contribution in [3.05, 3.63) is 29.8 Å². The third-order valence-corrected chi connectivity index (χ3v) is 9.28. The number of benzene rings is 1. The van der Waals surface area contributed by atoms with Gasteiger partial charge in [-0.3, -0.25) is 4.79 Å². The predicted octanol–water partition coefficient (Wildman–Crippen LogP) is 0.745. The Bertz CT molecular complexity index is 980. The number of ether oxygens (including phenoxy) is 1. The fourth-order valence-corrected chi connectivity index (χ4v) is 7.15. The molecule has 2 fully saturated rings. The van der Waals surface area contributed by atoms with Crippen molar-refractivity contribution in [1.29, 1.82) is 0 Å². The number of rotatable bonds is 7. The number of sulfonamides is 2. The second-order valence-electron chi connectivity index (χ2n) is 8.38. The summed E-state index contributed by atoms with van der Waals surface area (Å²) >= 11 is 0. The molecule has 0 saturated carbocycles. The van der Waals surface area contributed by atoms with E-state index in [1.165, 1.54) is 32.9 Å². The first-order valence-electron chi connectivity index (χ1n) is 10.5. The van der Waals surface area contributed by atoms with E-state index in [4.69, 9.17) is 4.74 Å². The highest BCUT2D eigenvalue weighted by Crippen LogP contribution is 2.27. The number of piperidine rings is 1. The molecule has 0 aliphatic carbocycles. The zero-order valence-electron chi connectivity index (χ0n) is 18.0. The van der Waals surface area contributed by atoms with Crippen molar-refractivity contribution in [2.45, 2.75) is 25.2 Å². The van der Waals surface area contributed by atoms with Gasteiger partial charge in [0.15, 0.2) is 0 Å². The van der Waals surface area contributed by atoms with E-state index in [9.17, 15) is 21.6 Å². The van der Waals surface area contributed by atoms with Gasteiger partial charge in [-0.25, -0.2) is 16.8 Å². The average molecular weight is 474 g/mol. The maximum absolute atomic E-state index is 13.1. The van der Waals surface area contributed by atoms with Gasteiger partial charge in [-0.1, -0.05) is 19.9 Å². The molecule has 2 heterocycles. The van der Waals surface area contributed by atoms with Gasteiger partial charge in [-0.05, 0) is 36.5 Å². The van der Waals surface area contributed by atoms with Crippen molar-refractivity contribution >= 4 is 26.0 Å². The zero-order chi connectivity index (χ0) is 22.6. The van der Waals surface area contributed by atoms with Crippen LogP contribution < -0.4 is 5.32 Å². The summed E-state index contributed by atoms with van der Waals surface area (Å²) in [4.78, 5) is 12.6. The number of carbonyl (C=O) groups excluding carboxylic acids is 1. The molecule has 0 aromatic heterocycles. The fourth-order valence-electron chi connectivity index (χ4n) is 4.10. The highest BCUT2D eigenvalue weighted by Gasteiger charge is 2.32. The van der Waals surface area contributed by atoms with E-state index in [0.717, 1.165) is 6.42 Å². The number of nitrogens with zero attached hydrogens (tertiary/aromatic N) is 2. The van der Waals surface area contributed by atoms with Crippen LogP contribution in [-0.2, 0) is 24.8 Å². The molecule has 0 radical (unpaired) electrons. The van der Waals surface area contributed by atoms with E-state index in [2.05, 4.69) is 5.32 Å². The van der Waals surface area contributed by atoms with Crippen LogP contribution in [0.15, 0.2) is 29.2 Å². The number of amides is 1. The van der Waals surface area contributed by atoms with Crippen LogP contribution in [0.5, 0.6) is 0 Å². The maximum Gasteiger partial charge on any atom is 0.251 e. The third-order valence-electron chi connectivity index (χ3n) is 5.58. The van der Waals surface area contributed by atoms with Crippen LogP contribution in [-0.4, -0.2) is 83.0 Å². The topological polar surface area (TPSA) is 113 Å². The highest BCUT2D eigenvalue weighted by atomic mass is 32.2. The molecule has 2 aliphatic rings. The monoisotopic (exact) mass is 473 g/mol. The van der Waals surface area contributed by atoms with Gasteiger partial charge < -0.3 is 10.1 Å². The van der Waals surface area contributed by atoms with Crippen LogP contribution in [0, 0.1) is 11.8 Å². The second kappa shape index (κ2) is 9.95. The molecule has 2 atom stereocenters. The number of morpholine rings is 1. The second-order valence-corrected chi connectivity index (χ2v) is 12.4. The van der Waals surface area contributed by atoms with Crippen LogP contribution in [0.4, 0.5) is 0 Å². The summed E-state index contributed by atoms with van der Waals surface area (Å²) in [5, 5.41) is 2.58. The molecule has 1 aromatic rings. The van der Waals surface area contributed by atoms with Gasteiger partial charge in [0.25, 0.3) is 5.91 Å². The summed E-state index contributed by atoms with van der Waals surface area (Å²) < 4.78 is 58.9. The minimum Gasteiger partial charge on any atom is -0.379 e. The largest absolute Gasteiger partial charge is 0.379 e. The van der Waals surface area contributed by atoms with E-state index in [-0.39, 0.29) is 34.6 Å². The molecule has 174 valence electrons.